The highest BCUT2D eigenvalue weighted by atomic mass is 16.2. The van der Waals surface area contributed by atoms with E-state index < -0.39 is 0 Å². The molecule has 1 aliphatic heterocycles. The fourth-order valence-corrected chi connectivity index (χ4v) is 0.673. The number of nitrogens with zero attached hydrogens (tertiary/aromatic N) is 1. The van der Waals surface area contributed by atoms with Crippen LogP contribution in [-0.4, -0.2) is 23.9 Å². The van der Waals surface area contributed by atoms with Gasteiger partial charge in [-0.1, -0.05) is 0 Å². The Balaban J connectivity index is 2.35. The van der Waals surface area contributed by atoms with Gasteiger partial charge in [-0.3, -0.25) is 10.1 Å². The number of hydrogen-bond acceptors (Lipinski definition) is 2. The molecule has 1 amide bonds. The fraction of sp³-hybridized carbons (Fsp3) is 0.600. The van der Waals surface area contributed by atoms with Crippen LogP contribution in [0.3, 0.4) is 0 Å². The fourth-order valence-electron chi connectivity index (χ4n) is 0.673. The molecule has 8 heavy (non-hydrogen) atoms. The summed E-state index contributed by atoms with van der Waals surface area (Å²) in [6.07, 6.45) is 0. The number of amides is 1. The van der Waals surface area contributed by atoms with Gasteiger partial charge in [0.15, 0.2) is 0 Å². The summed E-state index contributed by atoms with van der Waals surface area (Å²) >= 11 is 0. The van der Waals surface area contributed by atoms with Crippen LogP contribution in [0.15, 0.2) is 0 Å². The van der Waals surface area contributed by atoms with E-state index in [1.807, 2.05) is 0 Å². The minimum Gasteiger partial charge on any atom is -0.323 e. The van der Waals surface area contributed by atoms with Crippen LogP contribution in [0.25, 0.3) is 0 Å². The molecular formula is C5H9N2O. The van der Waals surface area contributed by atoms with E-state index in [2.05, 4.69) is 5.32 Å². The van der Waals surface area contributed by atoms with Crippen LogP contribution in [-0.2, 0) is 4.79 Å². The van der Waals surface area contributed by atoms with Crippen LogP contribution < -0.4 is 5.32 Å². The van der Waals surface area contributed by atoms with Gasteiger partial charge in [0.05, 0.1) is 0 Å². The van der Waals surface area contributed by atoms with Gasteiger partial charge >= 0.3 is 0 Å². The number of hydrogen-bond donors (Lipinski definition) is 1. The Morgan fingerprint density at radius 1 is 1.88 bits per heavy atom. The lowest BCUT2D eigenvalue weighted by atomic mass is 10.6. The molecule has 3 nitrogen and oxygen atoms in total. The summed E-state index contributed by atoms with van der Waals surface area (Å²) in [5.41, 5.74) is 0. The SMILES string of the molecule is CC(=O)N1[CH]NCC1. The van der Waals surface area contributed by atoms with E-state index in [1.165, 1.54) is 0 Å². The Bertz CT molecular complexity index is 96.6. The zero-order valence-corrected chi connectivity index (χ0v) is 4.85. The maximum atomic E-state index is 10.5. The third-order valence-electron chi connectivity index (χ3n) is 1.15. The van der Waals surface area contributed by atoms with Crippen molar-refractivity contribution in [1.29, 1.82) is 0 Å². The number of rotatable bonds is 0. The molecule has 0 aromatic carbocycles. The van der Waals surface area contributed by atoms with Crippen molar-refractivity contribution in [3.63, 3.8) is 0 Å². The Kier molecular flexibility index (Phi) is 1.48. The molecule has 0 aliphatic carbocycles. The molecule has 1 aliphatic rings. The van der Waals surface area contributed by atoms with E-state index in [4.69, 9.17) is 0 Å². The molecule has 0 unspecified atom stereocenters. The Morgan fingerprint density at radius 3 is 2.88 bits per heavy atom. The van der Waals surface area contributed by atoms with Crippen molar-refractivity contribution in [3.8, 4) is 0 Å². The van der Waals surface area contributed by atoms with E-state index in [9.17, 15) is 4.79 Å². The maximum Gasteiger partial charge on any atom is 0.220 e. The highest BCUT2D eigenvalue weighted by molar-refractivity contribution is 5.74. The predicted molar refractivity (Wildman–Crippen MR) is 29.7 cm³/mol. The molecule has 1 heterocycles. The monoisotopic (exact) mass is 113 g/mol. The van der Waals surface area contributed by atoms with Gasteiger partial charge in [0, 0.05) is 20.0 Å². The molecule has 1 fully saturated rings. The molecule has 3 heteroatoms. The Labute approximate surface area is 48.7 Å². The average Bonchev–Trinajstić information content (AvgIpc) is 2.12. The highest BCUT2D eigenvalue weighted by Crippen LogP contribution is 1.95. The lowest BCUT2D eigenvalue weighted by molar-refractivity contribution is -0.126. The van der Waals surface area contributed by atoms with Crippen molar-refractivity contribution < 1.29 is 4.79 Å². The third kappa shape index (κ3) is 0.980. The first-order chi connectivity index (χ1) is 3.80. The number of nitrogens with one attached hydrogen (secondary N) is 1. The second-order valence-corrected chi connectivity index (χ2v) is 1.80. The van der Waals surface area contributed by atoms with Gasteiger partial charge in [-0.2, -0.15) is 0 Å². The van der Waals surface area contributed by atoms with Crippen molar-refractivity contribution in [2.45, 2.75) is 6.92 Å². The van der Waals surface area contributed by atoms with E-state index in [1.54, 1.807) is 18.5 Å². The van der Waals surface area contributed by atoms with E-state index in [0.29, 0.717) is 0 Å². The molecule has 1 radical (unpaired) electrons. The van der Waals surface area contributed by atoms with Crippen molar-refractivity contribution in [3.05, 3.63) is 6.67 Å². The van der Waals surface area contributed by atoms with Crippen LogP contribution in [0.2, 0.25) is 0 Å². The molecular weight excluding hydrogens is 104 g/mol. The molecule has 0 aromatic heterocycles. The van der Waals surface area contributed by atoms with E-state index in [0.717, 1.165) is 13.1 Å². The van der Waals surface area contributed by atoms with Gasteiger partial charge in [-0.15, -0.1) is 0 Å². The zero-order valence-electron chi connectivity index (χ0n) is 4.85. The molecule has 0 atom stereocenters. The lowest BCUT2D eigenvalue weighted by Gasteiger charge is -2.08. The average molecular weight is 113 g/mol. The standard InChI is InChI=1S/C5H9N2O/c1-5(8)7-3-2-6-4-7/h4,6H,2-3H2,1H3. The Morgan fingerprint density at radius 2 is 2.62 bits per heavy atom. The molecule has 1 N–H and O–H groups in total. The smallest absolute Gasteiger partial charge is 0.220 e. The highest BCUT2D eigenvalue weighted by Gasteiger charge is 2.12. The topological polar surface area (TPSA) is 32.3 Å². The summed E-state index contributed by atoms with van der Waals surface area (Å²) in [6, 6.07) is 0. The summed E-state index contributed by atoms with van der Waals surface area (Å²) in [4.78, 5) is 12.2. The van der Waals surface area contributed by atoms with Crippen LogP contribution in [0.5, 0.6) is 0 Å². The van der Waals surface area contributed by atoms with Crippen molar-refractivity contribution in [2.24, 2.45) is 0 Å². The summed E-state index contributed by atoms with van der Waals surface area (Å²) in [5, 5.41) is 2.93. The summed E-state index contributed by atoms with van der Waals surface area (Å²) in [7, 11) is 0. The van der Waals surface area contributed by atoms with Crippen LogP contribution in [0, 0.1) is 6.67 Å². The predicted octanol–water partition coefficient (Wildman–Crippen LogP) is -0.443. The second-order valence-electron chi connectivity index (χ2n) is 1.80. The van der Waals surface area contributed by atoms with Gasteiger partial charge in [0.2, 0.25) is 5.91 Å². The van der Waals surface area contributed by atoms with Gasteiger partial charge in [-0.25, -0.2) is 0 Å². The molecule has 0 saturated carbocycles. The van der Waals surface area contributed by atoms with E-state index in [-0.39, 0.29) is 5.91 Å². The summed E-state index contributed by atoms with van der Waals surface area (Å²) in [6.45, 7) is 4.97. The minimum atomic E-state index is 0.106. The van der Waals surface area contributed by atoms with Crippen LogP contribution >= 0.6 is 0 Å². The van der Waals surface area contributed by atoms with Crippen molar-refractivity contribution >= 4 is 5.91 Å². The largest absolute Gasteiger partial charge is 0.323 e. The first-order valence-corrected chi connectivity index (χ1v) is 2.64. The lowest BCUT2D eigenvalue weighted by Crippen LogP contribution is -2.22. The third-order valence-corrected chi connectivity index (χ3v) is 1.15. The van der Waals surface area contributed by atoms with E-state index >= 15 is 0 Å². The van der Waals surface area contributed by atoms with Gasteiger partial charge in [-0.05, 0) is 0 Å². The van der Waals surface area contributed by atoms with Gasteiger partial charge in [0.25, 0.3) is 0 Å². The summed E-state index contributed by atoms with van der Waals surface area (Å²) < 4.78 is 0. The van der Waals surface area contributed by atoms with Crippen LogP contribution in [0.4, 0.5) is 0 Å². The first kappa shape index (κ1) is 5.56. The number of carbonyl (C=O) groups excluding carboxylic acids is 1. The van der Waals surface area contributed by atoms with Gasteiger partial charge < -0.3 is 4.90 Å². The molecule has 0 aromatic rings. The summed E-state index contributed by atoms with van der Waals surface area (Å²) in [5.74, 6) is 0.106. The Hall–Kier alpha value is -0.570. The van der Waals surface area contributed by atoms with Crippen molar-refractivity contribution in [2.75, 3.05) is 13.1 Å². The minimum absolute atomic E-state index is 0.106. The van der Waals surface area contributed by atoms with Crippen molar-refractivity contribution in [1.82, 2.24) is 10.2 Å². The van der Waals surface area contributed by atoms with Crippen LogP contribution in [0.1, 0.15) is 6.92 Å². The zero-order chi connectivity index (χ0) is 5.98. The molecule has 0 bridgehead atoms. The van der Waals surface area contributed by atoms with Gasteiger partial charge in [0.1, 0.15) is 6.67 Å². The molecule has 45 valence electrons. The molecule has 1 saturated heterocycles. The molecule has 1 rings (SSSR count). The molecule has 0 spiro atoms. The number of carbonyl (C=O) groups is 1. The first-order valence-electron chi connectivity index (χ1n) is 2.64. The normalized spacial score (nSPS) is 19.4. The quantitative estimate of drug-likeness (QED) is 0.462. The second kappa shape index (κ2) is 2.13. The maximum absolute atomic E-state index is 10.5.